The lowest BCUT2D eigenvalue weighted by atomic mass is 9.85. The van der Waals surface area contributed by atoms with Crippen LogP contribution in [0, 0.1) is 17.2 Å². The van der Waals surface area contributed by atoms with Crippen molar-refractivity contribution in [2.45, 2.75) is 36.1 Å². The number of methoxy groups -OCH3 is 1. The number of anilines is 1. The minimum Gasteiger partial charge on any atom is -0.453 e. The predicted molar refractivity (Wildman–Crippen MR) is 92.3 cm³/mol. The van der Waals surface area contributed by atoms with E-state index in [0.717, 1.165) is 10.4 Å². The average Bonchev–Trinajstić information content (AvgIpc) is 3.30. The number of rotatable bonds is 2. The van der Waals surface area contributed by atoms with E-state index in [1.807, 2.05) is 0 Å². The van der Waals surface area contributed by atoms with Crippen molar-refractivity contribution >= 4 is 21.8 Å². The fraction of sp³-hybridized carbons (Fsp3) is 0.529. The summed E-state index contributed by atoms with van der Waals surface area (Å²) in [6, 6.07) is 3.88. The molecule has 1 N–H and O–H groups in total. The Bertz CT molecular complexity index is 1010. The molecule has 0 saturated carbocycles. The summed E-state index contributed by atoms with van der Waals surface area (Å²) < 4.78 is 77.2. The summed E-state index contributed by atoms with van der Waals surface area (Å²) in [5.41, 5.74) is -1.92. The number of halogens is 3. The highest BCUT2D eigenvalue weighted by Crippen LogP contribution is 2.49. The second kappa shape index (κ2) is 6.50. The van der Waals surface area contributed by atoms with Gasteiger partial charge in [-0.3, -0.25) is 4.31 Å². The lowest BCUT2D eigenvalue weighted by molar-refractivity contribution is -0.137. The Morgan fingerprint density at radius 1 is 1.41 bits per heavy atom. The summed E-state index contributed by atoms with van der Waals surface area (Å²) in [5.74, 6) is -0.508. The number of alkyl halides is 3. The Balaban J connectivity index is 1.66. The van der Waals surface area contributed by atoms with Crippen LogP contribution in [0.1, 0.15) is 17.5 Å². The van der Waals surface area contributed by atoms with Gasteiger partial charge < -0.3 is 14.8 Å². The van der Waals surface area contributed by atoms with Gasteiger partial charge in [0, 0.05) is 12.5 Å². The molecule has 1 aromatic rings. The molecular weight excluding hydrogens is 415 g/mol. The van der Waals surface area contributed by atoms with Gasteiger partial charge in [0.1, 0.15) is 5.25 Å². The van der Waals surface area contributed by atoms with E-state index in [0.29, 0.717) is 6.07 Å². The first-order chi connectivity index (χ1) is 13.6. The van der Waals surface area contributed by atoms with Crippen molar-refractivity contribution < 1.29 is 35.9 Å². The van der Waals surface area contributed by atoms with E-state index in [1.54, 1.807) is 0 Å². The number of fused-ring (bicyclic) bond motifs is 5. The standard InChI is InChI=1S/C17H16F3N3O5S/c1-27-16(24)22-12-5-13-15-10(14(12)28-13)7-23(29(15,25)26)9-3-2-8(6-21)11(4-9)17(18,19)20/h2-4,10,12-15H,5,7H2,1H3,(H,22,24)/t10-,12+,13-,14-,15-/m1/s1. The lowest BCUT2D eigenvalue weighted by Gasteiger charge is -2.25. The topological polar surface area (TPSA) is 109 Å². The van der Waals surface area contributed by atoms with Gasteiger partial charge in [0.2, 0.25) is 10.0 Å². The molecule has 3 aliphatic heterocycles. The number of sulfonamides is 1. The predicted octanol–water partition coefficient (Wildman–Crippen LogP) is 1.61. The first-order valence-electron chi connectivity index (χ1n) is 8.70. The van der Waals surface area contributed by atoms with Crippen molar-refractivity contribution in [1.82, 2.24) is 5.32 Å². The number of benzene rings is 1. The molecule has 0 aromatic heterocycles. The van der Waals surface area contributed by atoms with Crippen LogP contribution in [0.3, 0.4) is 0 Å². The number of alkyl carbamates (subject to hydrolysis) is 1. The number of ether oxygens (including phenoxy) is 2. The minimum atomic E-state index is -4.79. The molecule has 29 heavy (non-hydrogen) atoms. The van der Waals surface area contributed by atoms with Gasteiger partial charge in [0.25, 0.3) is 0 Å². The summed E-state index contributed by atoms with van der Waals surface area (Å²) in [6.07, 6.45) is -6.43. The number of nitrogens with zero attached hydrogens (tertiary/aromatic N) is 2. The van der Waals surface area contributed by atoms with Gasteiger partial charge >= 0.3 is 12.3 Å². The van der Waals surface area contributed by atoms with Gasteiger partial charge in [-0.25, -0.2) is 13.2 Å². The molecule has 3 saturated heterocycles. The van der Waals surface area contributed by atoms with Crippen LogP contribution < -0.4 is 9.62 Å². The number of hydrogen-bond acceptors (Lipinski definition) is 6. The Morgan fingerprint density at radius 2 is 2.14 bits per heavy atom. The van der Waals surface area contributed by atoms with Crippen molar-refractivity contribution in [3.63, 3.8) is 0 Å². The van der Waals surface area contributed by atoms with E-state index < -0.39 is 62.8 Å². The smallest absolute Gasteiger partial charge is 0.417 e. The Labute approximate surface area is 164 Å². The maximum absolute atomic E-state index is 13.3. The molecule has 1 amide bonds. The first kappa shape index (κ1) is 19.8. The third-order valence-electron chi connectivity index (χ3n) is 5.66. The van der Waals surface area contributed by atoms with Gasteiger partial charge in [-0.1, -0.05) is 0 Å². The molecule has 0 radical (unpaired) electrons. The zero-order chi connectivity index (χ0) is 21.1. The normalized spacial score (nSPS) is 32.0. The highest BCUT2D eigenvalue weighted by molar-refractivity contribution is 7.93. The monoisotopic (exact) mass is 431 g/mol. The highest BCUT2D eigenvalue weighted by Gasteiger charge is 2.64. The van der Waals surface area contributed by atoms with Crippen LogP contribution in [0.15, 0.2) is 18.2 Å². The van der Waals surface area contributed by atoms with E-state index in [4.69, 9.17) is 10.00 Å². The van der Waals surface area contributed by atoms with E-state index in [-0.39, 0.29) is 18.7 Å². The van der Waals surface area contributed by atoms with Crippen LogP contribution in [-0.2, 0) is 25.7 Å². The molecule has 8 nitrogen and oxygen atoms in total. The van der Waals surface area contributed by atoms with Gasteiger partial charge in [-0.2, -0.15) is 18.4 Å². The third-order valence-corrected chi connectivity index (χ3v) is 7.97. The molecule has 0 unspecified atom stereocenters. The van der Waals surface area contributed by atoms with Crippen LogP contribution in [0.25, 0.3) is 0 Å². The largest absolute Gasteiger partial charge is 0.453 e. The average molecular weight is 431 g/mol. The minimum absolute atomic E-state index is 0.0727. The number of carbonyl (C=O) groups is 1. The summed E-state index contributed by atoms with van der Waals surface area (Å²) >= 11 is 0. The third kappa shape index (κ3) is 3.00. The quantitative estimate of drug-likeness (QED) is 0.762. The fourth-order valence-corrected chi connectivity index (χ4v) is 6.82. The van der Waals surface area contributed by atoms with Gasteiger partial charge in [0.05, 0.1) is 48.2 Å². The molecule has 0 aliphatic carbocycles. The van der Waals surface area contributed by atoms with E-state index in [1.165, 1.54) is 19.2 Å². The number of nitriles is 1. The number of nitrogens with one attached hydrogen (secondary N) is 1. The van der Waals surface area contributed by atoms with Crippen molar-refractivity contribution in [1.29, 1.82) is 5.26 Å². The maximum atomic E-state index is 13.3. The van der Waals surface area contributed by atoms with Crippen LogP contribution in [0.2, 0.25) is 0 Å². The molecule has 0 spiro atoms. The van der Waals surface area contributed by atoms with E-state index >= 15 is 0 Å². The van der Waals surface area contributed by atoms with Crippen LogP contribution in [0.5, 0.6) is 0 Å². The first-order valence-corrected chi connectivity index (χ1v) is 10.2. The fourth-order valence-electron chi connectivity index (χ4n) is 4.50. The molecular formula is C17H16F3N3O5S. The Kier molecular flexibility index (Phi) is 4.43. The van der Waals surface area contributed by atoms with Gasteiger partial charge in [-0.05, 0) is 24.6 Å². The maximum Gasteiger partial charge on any atom is 0.417 e. The number of hydrogen-bond donors (Lipinski definition) is 1. The van der Waals surface area contributed by atoms with Crippen molar-refractivity contribution in [3.8, 4) is 6.07 Å². The molecule has 3 aliphatic rings. The van der Waals surface area contributed by atoms with Crippen LogP contribution >= 0.6 is 0 Å². The number of carbonyl (C=O) groups excluding carboxylic acids is 1. The zero-order valence-corrected chi connectivity index (χ0v) is 15.8. The molecule has 12 heteroatoms. The van der Waals surface area contributed by atoms with Crippen LogP contribution in [0.4, 0.5) is 23.7 Å². The molecule has 1 aromatic carbocycles. The van der Waals surface area contributed by atoms with E-state index in [9.17, 15) is 26.4 Å². The van der Waals surface area contributed by atoms with Crippen molar-refractivity contribution in [2.24, 2.45) is 5.92 Å². The molecule has 3 fully saturated rings. The second-order valence-corrected chi connectivity index (χ2v) is 9.18. The van der Waals surface area contributed by atoms with E-state index in [2.05, 4.69) is 10.1 Å². The summed E-state index contributed by atoms with van der Waals surface area (Å²) in [7, 11) is -2.77. The second-order valence-electron chi connectivity index (χ2n) is 7.16. The molecule has 3 heterocycles. The molecule has 4 rings (SSSR count). The Hall–Kier alpha value is -2.52. The molecule has 156 valence electrons. The van der Waals surface area contributed by atoms with Crippen molar-refractivity contribution in [2.75, 3.05) is 18.0 Å². The summed E-state index contributed by atoms with van der Waals surface area (Å²) in [4.78, 5) is 11.5. The van der Waals surface area contributed by atoms with Gasteiger partial charge in [0.15, 0.2) is 0 Å². The summed E-state index contributed by atoms with van der Waals surface area (Å²) in [6.45, 7) is -0.0727. The SMILES string of the molecule is COC(=O)N[C@H]1C[C@H]2O[C@@H]1[C@H]1CN(c3ccc(C#N)c(C(F)(F)F)c3)S(=O)(=O)[C@H]12. The highest BCUT2D eigenvalue weighted by atomic mass is 32.2. The zero-order valence-electron chi connectivity index (χ0n) is 15.0. The lowest BCUT2D eigenvalue weighted by Crippen LogP contribution is -2.48. The Morgan fingerprint density at radius 3 is 2.76 bits per heavy atom. The van der Waals surface area contributed by atoms with Crippen molar-refractivity contribution in [3.05, 3.63) is 29.3 Å². The number of amides is 1. The molecule has 5 atom stereocenters. The summed E-state index contributed by atoms with van der Waals surface area (Å²) in [5, 5.41) is 10.6. The van der Waals surface area contributed by atoms with Gasteiger partial charge in [-0.15, -0.1) is 0 Å². The van der Waals surface area contributed by atoms with Crippen LogP contribution in [-0.4, -0.2) is 51.7 Å². The molecule has 2 bridgehead atoms.